The van der Waals surface area contributed by atoms with Gasteiger partial charge in [0.1, 0.15) is 5.52 Å². The van der Waals surface area contributed by atoms with Gasteiger partial charge in [0, 0.05) is 11.6 Å². The van der Waals surface area contributed by atoms with Gasteiger partial charge in [-0.2, -0.15) is 4.39 Å². The average Bonchev–Trinajstić information content (AvgIpc) is 2.84. The zero-order valence-electron chi connectivity index (χ0n) is 10.5. The van der Waals surface area contributed by atoms with E-state index in [1.54, 1.807) is 6.07 Å². The highest BCUT2D eigenvalue weighted by Gasteiger charge is 2.17. The van der Waals surface area contributed by atoms with E-state index in [1.807, 2.05) is 19.1 Å². The third kappa shape index (κ3) is 1.91. The molecule has 3 rings (SSSR count). The molecular weight excluding hydrogens is 263 g/mol. The highest BCUT2D eigenvalue weighted by molar-refractivity contribution is 5.79. The second-order valence-electron chi connectivity index (χ2n) is 4.36. The number of halogens is 1. The fraction of sp³-hybridized carbons (Fsp3) is 0.0714. The number of aromatic nitrogens is 1. The molecule has 0 bridgehead atoms. The first kappa shape index (κ1) is 12.3. The number of aryl methyl sites for hydroxylation is 1. The van der Waals surface area contributed by atoms with Crippen molar-refractivity contribution in [3.05, 3.63) is 57.9 Å². The number of nitro benzene ring substituents is 1. The Hall–Kier alpha value is -2.76. The normalized spacial score (nSPS) is 10.9. The Morgan fingerprint density at radius 1 is 1.30 bits per heavy atom. The van der Waals surface area contributed by atoms with Crippen LogP contribution in [-0.4, -0.2) is 9.91 Å². The predicted octanol–water partition coefficient (Wildman–Crippen LogP) is 3.85. The number of benzene rings is 2. The lowest BCUT2D eigenvalue weighted by Crippen LogP contribution is -1.92. The maximum Gasteiger partial charge on any atom is 0.305 e. The van der Waals surface area contributed by atoms with E-state index >= 15 is 0 Å². The number of hydrogen-bond donors (Lipinski definition) is 0. The maximum absolute atomic E-state index is 13.3. The number of nitro groups is 1. The monoisotopic (exact) mass is 272 g/mol. The van der Waals surface area contributed by atoms with Gasteiger partial charge in [-0.25, -0.2) is 4.98 Å². The highest BCUT2D eigenvalue weighted by Crippen LogP contribution is 2.29. The maximum atomic E-state index is 13.3. The van der Waals surface area contributed by atoms with Gasteiger partial charge >= 0.3 is 5.69 Å². The van der Waals surface area contributed by atoms with Crippen LogP contribution >= 0.6 is 0 Å². The number of hydrogen-bond acceptors (Lipinski definition) is 4. The van der Waals surface area contributed by atoms with Crippen molar-refractivity contribution in [3.63, 3.8) is 0 Å². The molecule has 2 aromatic carbocycles. The van der Waals surface area contributed by atoms with Gasteiger partial charge < -0.3 is 4.42 Å². The molecule has 5 nitrogen and oxygen atoms in total. The quantitative estimate of drug-likeness (QED) is 0.524. The lowest BCUT2D eigenvalue weighted by Gasteiger charge is -1.97. The summed E-state index contributed by atoms with van der Waals surface area (Å²) in [7, 11) is 0. The lowest BCUT2D eigenvalue weighted by atomic mass is 10.2. The summed E-state index contributed by atoms with van der Waals surface area (Å²) in [5.74, 6) is -0.650. The summed E-state index contributed by atoms with van der Waals surface area (Å²) in [5.41, 5.74) is 1.99. The Labute approximate surface area is 112 Å². The number of oxazole rings is 1. The van der Waals surface area contributed by atoms with E-state index in [1.165, 1.54) is 6.07 Å². The van der Waals surface area contributed by atoms with Crippen molar-refractivity contribution < 1.29 is 13.7 Å². The second-order valence-corrected chi connectivity index (χ2v) is 4.36. The molecule has 0 aliphatic rings. The molecule has 0 saturated carbocycles. The Morgan fingerprint density at radius 2 is 2.10 bits per heavy atom. The molecule has 0 amide bonds. The average molecular weight is 272 g/mol. The molecule has 0 fully saturated rings. The van der Waals surface area contributed by atoms with E-state index in [-0.39, 0.29) is 5.89 Å². The standard InChI is InChI=1S/C14H9FN2O3/c1-8-3-2-4-12-13(8)16-14(20-12)9-5-6-10(15)11(7-9)17(18)19/h2-7H,1H3. The van der Waals surface area contributed by atoms with Gasteiger partial charge in [0.2, 0.25) is 11.7 Å². The minimum Gasteiger partial charge on any atom is -0.436 e. The van der Waals surface area contributed by atoms with Crippen LogP contribution in [0.5, 0.6) is 0 Å². The fourth-order valence-corrected chi connectivity index (χ4v) is 2.00. The molecule has 100 valence electrons. The van der Waals surface area contributed by atoms with E-state index in [0.717, 1.165) is 17.7 Å². The minimum absolute atomic E-state index is 0.234. The molecule has 6 heteroatoms. The lowest BCUT2D eigenvalue weighted by molar-refractivity contribution is -0.387. The molecule has 3 aromatic rings. The smallest absolute Gasteiger partial charge is 0.305 e. The van der Waals surface area contributed by atoms with Gasteiger partial charge in [-0.05, 0) is 30.7 Å². The van der Waals surface area contributed by atoms with E-state index < -0.39 is 16.4 Å². The van der Waals surface area contributed by atoms with Crippen LogP contribution in [0.2, 0.25) is 0 Å². The highest BCUT2D eigenvalue weighted by atomic mass is 19.1. The van der Waals surface area contributed by atoms with Gasteiger partial charge in [-0.15, -0.1) is 0 Å². The molecule has 20 heavy (non-hydrogen) atoms. The van der Waals surface area contributed by atoms with Crippen molar-refractivity contribution in [1.82, 2.24) is 4.98 Å². The zero-order chi connectivity index (χ0) is 14.3. The van der Waals surface area contributed by atoms with Gasteiger partial charge in [-0.3, -0.25) is 10.1 Å². The first-order chi connectivity index (χ1) is 9.56. The summed E-state index contributed by atoms with van der Waals surface area (Å²) >= 11 is 0. The summed E-state index contributed by atoms with van der Waals surface area (Å²) in [5, 5.41) is 10.7. The molecule has 0 aliphatic carbocycles. The predicted molar refractivity (Wildman–Crippen MR) is 70.8 cm³/mol. The van der Waals surface area contributed by atoms with E-state index in [4.69, 9.17) is 4.42 Å². The van der Waals surface area contributed by atoms with Crippen LogP contribution < -0.4 is 0 Å². The Balaban J connectivity index is 2.18. The Bertz CT molecular complexity index is 826. The van der Waals surface area contributed by atoms with Crippen LogP contribution in [0.15, 0.2) is 40.8 Å². The third-order valence-electron chi connectivity index (χ3n) is 3.01. The van der Waals surface area contributed by atoms with Gasteiger partial charge in [0.15, 0.2) is 5.58 Å². The van der Waals surface area contributed by atoms with Crippen LogP contribution in [0.25, 0.3) is 22.6 Å². The van der Waals surface area contributed by atoms with Crippen LogP contribution in [0.1, 0.15) is 5.56 Å². The number of rotatable bonds is 2. The first-order valence-corrected chi connectivity index (χ1v) is 5.87. The van der Waals surface area contributed by atoms with Crippen molar-refractivity contribution in [1.29, 1.82) is 0 Å². The van der Waals surface area contributed by atoms with Crippen LogP contribution in [0, 0.1) is 22.9 Å². The second kappa shape index (κ2) is 4.41. The first-order valence-electron chi connectivity index (χ1n) is 5.87. The largest absolute Gasteiger partial charge is 0.436 e. The molecule has 0 saturated heterocycles. The van der Waals surface area contributed by atoms with Crippen molar-refractivity contribution in [3.8, 4) is 11.5 Å². The minimum atomic E-state index is -0.883. The molecule has 0 radical (unpaired) electrons. The van der Waals surface area contributed by atoms with Crippen LogP contribution in [-0.2, 0) is 0 Å². The van der Waals surface area contributed by atoms with Crippen LogP contribution in [0.3, 0.4) is 0 Å². The molecule has 1 heterocycles. The van der Waals surface area contributed by atoms with Gasteiger partial charge in [-0.1, -0.05) is 12.1 Å². The van der Waals surface area contributed by atoms with Crippen LogP contribution in [0.4, 0.5) is 10.1 Å². The summed E-state index contributed by atoms with van der Waals surface area (Å²) in [6.45, 7) is 1.89. The van der Waals surface area contributed by atoms with E-state index in [2.05, 4.69) is 4.98 Å². The molecule has 0 spiro atoms. The third-order valence-corrected chi connectivity index (χ3v) is 3.01. The van der Waals surface area contributed by atoms with Crippen molar-refractivity contribution in [2.75, 3.05) is 0 Å². The number of nitrogens with zero attached hydrogens (tertiary/aromatic N) is 2. The molecular formula is C14H9FN2O3. The number of fused-ring (bicyclic) bond motifs is 1. The van der Waals surface area contributed by atoms with Gasteiger partial charge in [0.25, 0.3) is 0 Å². The molecule has 0 aliphatic heterocycles. The van der Waals surface area contributed by atoms with Crippen molar-refractivity contribution in [2.45, 2.75) is 6.92 Å². The summed E-state index contributed by atoms with van der Waals surface area (Å²) < 4.78 is 18.9. The Morgan fingerprint density at radius 3 is 2.80 bits per heavy atom. The summed E-state index contributed by atoms with van der Waals surface area (Å²) in [6.07, 6.45) is 0. The summed E-state index contributed by atoms with van der Waals surface area (Å²) in [4.78, 5) is 14.3. The SMILES string of the molecule is Cc1cccc2oc(-c3ccc(F)c([N+](=O)[O-])c3)nc12. The molecule has 0 atom stereocenters. The molecule has 1 aromatic heterocycles. The Kier molecular flexibility index (Phi) is 2.71. The van der Waals surface area contributed by atoms with E-state index in [0.29, 0.717) is 16.7 Å². The summed E-state index contributed by atoms with van der Waals surface area (Å²) in [6, 6.07) is 9.05. The fourth-order valence-electron chi connectivity index (χ4n) is 2.00. The topological polar surface area (TPSA) is 69.2 Å². The van der Waals surface area contributed by atoms with Gasteiger partial charge in [0.05, 0.1) is 4.92 Å². The molecule has 0 unspecified atom stereocenters. The van der Waals surface area contributed by atoms with E-state index in [9.17, 15) is 14.5 Å². The number of para-hydroxylation sites is 1. The molecule has 0 N–H and O–H groups in total. The zero-order valence-corrected chi connectivity index (χ0v) is 10.5. The van der Waals surface area contributed by atoms with Crippen molar-refractivity contribution in [2.24, 2.45) is 0 Å². The van der Waals surface area contributed by atoms with Crippen molar-refractivity contribution >= 4 is 16.8 Å².